The fourth-order valence-corrected chi connectivity index (χ4v) is 3.59. The molecule has 1 amide bonds. The van der Waals surface area contributed by atoms with Crippen molar-refractivity contribution in [1.82, 2.24) is 0 Å². The van der Waals surface area contributed by atoms with Gasteiger partial charge in [-0.2, -0.15) is 5.26 Å². The zero-order chi connectivity index (χ0) is 21.6. The summed E-state index contributed by atoms with van der Waals surface area (Å²) in [7, 11) is 0. The van der Waals surface area contributed by atoms with E-state index < -0.39 is 17.6 Å². The maximum Gasteiger partial charge on any atom is 0.249 e. The molecule has 0 radical (unpaired) electrons. The Labute approximate surface area is 180 Å². The predicted molar refractivity (Wildman–Crippen MR) is 117 cm³/mol. The topological polar surface area (TPSA) is 88.4 Å². The number of aryl methyl sites for hydroxylation is 1. The Bertz CT molecular complexity index is 1160. The molecule has 6 nitrogen and oxygen atoms in total. The fourth-order valence-electron chi connectivity index (χ4n) is 3.59. The lowest BCUT2D eigenvalue weighted by Crippen LogP contribution is -2.28. The van der Waals surface area contributed by atoms with Crippen LogP contribution in [-0.2, 0) is 16.0 Å². The first-order chi connectivity index (χ1) is 15.2. The number of Topliss-reactive ketones (excluding diaryl/α,β-unsaturated/α-hetero) is 1. The van der Waals surface area contributed by atoms with Gasteiger partial charge in [-0.3, -0.25) is 9.59 Å². The molecule has 3 aromatic rings. The van der Waals surface area contributed by atoms with Crippen molar-refractivity contribution in [3.8, 4) is 17.6 Å². The number of hydrogen-bond donors (Lipinski definition) is 1. The molecule has 0 saturated carbocycles. The van der Waals surface area contributed by atoms with Gasteiger partial charge in [0.1, 0.15) is 0 Å². The minimum atomic E-state index is -1.36. The van der Waals surface area contributed by atoms with Crippen molar-refractivity contribution >= 4 is 28.2 Å². The lowest BCUT2D eigenvalue weighted by Gasteiger charge is -2.12. The highest BCUT2D eigenvalue weighted by Crippen LogP contribution is 2.31. The zero-order valence-corrected chi connectivity index (χ0v) is 17.0. The summed E-state index contributed by atoms with van der Waals surface area (Å²) in [6.45, 7) is 1.20. The number of nitriles is 1. The number of benzene rings is 3. The van der Waals surface area contributed by atoms with Gasteiger partial charge in [0.15, 0.2) is 23.2 Å². The first-order valence-electron chi connectivity index (χ1n) is 10.2. The molecule has 0 aromatic heterocycles. The molecule has 0 bridgehead atoms. The zero-order valence-electron chi connectivity index (χ0n) is 17.0. The molecule has 1 heterocycles. The van der Waals surface area contributed by atoms with E-state index in [1.54, 1.807) is 6.07 Å². The Morgan fingerprint density at radius 2 is 1.77 bits per heavy atom. The van der Waals surface area contributed by atoms with Crippen molar-refractivity contribution in [1.29, 1.82) is 5.26 Å². The molecule has 156 valence electrons. The van der Waals surface area contributed by atoms with E-state index in [1.165, 1.54) is 0 Å². The van der Waals surface area contributed by atoms with Crippen molar-refractivity contribution in [2.75, 3.05) is 18.5 Å². The number of hydrogen-bond acceptors (Lipinski definition) is 5. The minimum Gasteiger partial charge on any atom is -0.490 e. The number of fused-ring (bicyclic) bond motifs is 2. The van der Waals surface area contributed by atoms with Crippen LogP contribution in [0.4, 0.5) is 5.69 Å². The van der Waals surface area contributed by atoms with E-state index in [1.807, 2.05) is 60.7 Å². The third-order valence-corrected chi connectivity index (χ3v) is 5.23. The number of anilines is 1. The molecule has 1 aliphatic rings. The molecule has 1 N–H and O–H groups in total. The summed E-state index contributed by atoms with van der Waals surface area (Å²) < 4.78 is 11.3. The van der Waals surface area contributed by atoms with Gasteiger partial charge in [0.25, 0.3) is 0 Å². The number of nitrogens with zero attached hydrogens (tertiary/aromatic N) is 1. The predicted octanol–water partition coefficient (Wildman–Crippen LogP) is 4.28. The summed E-state index contributed by atoms with van der Waals surface area (Å²) >= 11 is 0. The lowest BCUT2D eigenvalue weighted by molar-refractivity contribution is -0.128. The summed E-state index contributed by atoms with van der Waals surface area (Å²) in [6.07, 6.45) is 1.31. The van der Waals surface area contributed by atoms with Crippen molar-refractivity contribution < 1.29 is 19.1 Å². The third-order valence-electron chi connectivity index (χ3n) is 5.23. The van der Waals surface area contributed by atoms with E-state index in [9.17, 15) is 14.9 Å². The maximum atomic E-state index is 12.7. The number of carbonyl (C=O) groups excluding carboxylic acids is 2. The van der Waals surface area contributed by atoms with Gasteiger partial charge in [-0.25, -0.2) is 0 Å². The number of ketones is 1. The van der Waals surface area contributed by atoms with Crippen molar-refractivity contribution in [3.63, 3.8) is 0 Å². The smallest absolute Gasteiger partial charge is 0.249 e. The van der Waals surface area contributed by atoms with Crippen LogP contribution in [0.1, 0.15) is 18.4 Å². The molecule has 0 fully saturated rings. The van der Waals surface area contributed by atoms with E-state index in [-0.39, 0.29) is 6.42 Å². The first kappa shape index (κ1) is 20.4. The van der Waals surface area contributed by atoms with Crippen molar-refractivity contribution in [2.45, 2.75) is 19.3 Å². The molecular formula is C25H22N2O4. The van der Waals surface area contributed by atoms with E-state index >= 15 is 0 Å². The van der Waals surface area contributed by atoms with Crippen LogP contribution in [0.2, 0.25) is 0 Å². The van der Waals surface area contributed by atoms with Gasteiger partial charge >= 0.3 is 0 Å². The van der Waals surface area contributed by atoms with Crippen LogP contribution in [0, 0.1) is 17.2 Å². The molecular weight excluding hydrogens is 392 g/mol. The molecule has 1 unspecified atom stereocenters. The number of rotatable bonds is 6. The number of amides is 1. The molecule has 0 spiro atoms. The maximum absolute atomic E-state index is 12.7. The third kappa shape index (κ3) is 4.67. The molecule has 3 aromatic carbocycles. The second kappa shape index (κ2) is 9.31. The van der Waals surface area contributed by atoms with Crippen LogP contribution in [-0.4, -0.2) is 24.9 Å². The second-order valence-electron chi connectivity index (χ2n) is 7.38. The highest BCUT2D eigenvalue weighted by molar-refractivity contribution is 6.12. The van der Waals surface area contributed by atoms with Gasteiger partial charge in [-0.1, -0.05) is 42.5 Å². The Hall–Kier alpha value is -3.85. The molecule has 31 heavy (non-hydrogen) atoms. The molecule has 1 atom stereocenters. The van der Waals surface area contributed by atoms with Gasteiger partial charge in [-0.05, 0) is 35.6 Å². The molecule has 1 aliphatic heterocycles. The molecule has 0 saturated heterocycles. The Kier molecular flexibility index (Phi) is 6.13. The van der Waals surface area contributed by atoms with Crippen LogP contribution >= 0.6 is 0 Å². The van der Waals surface area contributed by atoms with Crippen LogP contribution in [0.3, 0.4) is 0 Å². The normalized spacial score (nSPS) is 13.6. The lowest BCUT2D eigenvalue weighted by atomic mass is 9.97. The fraction of sp³-hybridized carbons (Fsp3) is 0.240. The summed E-state index contributed by atoms with van der Waals surface area (Å²) in [5.74, 6) is -1.03. The minimum absolute atomic E-state index is 0.0842. The molecule has 6 heteroatoms. The van der Waals surface area contributed by atoms with Gasteiger partial charge in [0.2, 0.25) is 5.91 Å². The Morgan fingerprint density at radius 3 is 2.61 bits per heavy atom. The van der Waals surface area contributed by atoms with E-state index in [0.717, 1.165) is 22.8 Å². The SMILES string of the molecule is N#CC(C(=O)CCc1ccc2c(c1)OCCCO2)C(=O)Nc1cccc2ccccc12. The van der Waals surface area contributed by atoms with Gasteiger partial charge in [0, 0.05) is 23.9 Å². The average molecular weight is 414 g/mol. The number of ether oxygens (including phenoxy) is 2. The highest BCUT2D eigenvalue weighted by atomic mass is 16.5. The monoisotopic (exact) mass is 414 g/mol. The van der Waals surface area contributed by atoms with Crippen LogP contribution in [0.15, 0.2) is 60.7 Å². The second-order valence-corrected chi connectivity index (χ2v) is 7.38. The van der Waals surface area contributed by atoms with E-state index in [2.05, 4.69) is 5.32 Å². The Morgan fingerprint density at radius 1 is 1.00 bits per heavy atom. The standard InChI is InChI=1S/C25H22N2O4/c26-16-20(25(29)27-21-8-3-6-18-5-1-2-7-19(18)21)22(28)11-9-17-10-12-23-24(15-17)31-14-4-13-30-23/h1-3,5-8,10,12,15,20H,4,9,11,13-14H2,(H,27,29). The van der Waals surface area contributed by atoms with Crippen molar-refractivity contribution in [3.05, 3.63) is 66.2 Å². The highest BCUT2D eigenvalue weighted by Gasteiger charge is 2.26. The Balaban J connectivity index is 1.42. The van der Waals surface area contributed by atoms with Crippen LogP contribution < -0.4 is 14.8 Å². The number of carbonyl (C=O) groups is 2. The summed E-state index contributed by atoms with van der Waals surface area (Å²) in [5.41, 5.74) is 1.47. The molecule has 0 aliphatic carbocycles. The van der Waals surface area contributed by atoms with E-state index in [0.29, 0.717) is 36.8 Å². The van der Waals surface area contributed by atoms with Gasteiger partial charge in [0.05, 0.1) is 19.3 Å². The summed E-state index contributed by atoms with van der Waals surface area (Å²) in [4.78, 5) is 25.3. The van der Waals surface area contributed by atoms with E-state index in [4.69, 9.17) is 9.47 Å². The van der Waals surface area contributed by atoms with Crippen LogP contribution in [0.25, 0.3) is 10.8 Å². The summed E-state index contributed by atoms with van der Waals surface area (Å²) in [5, 5.41) is 14.0. The summed E-state index contributed by atoms with van der Waals surface area (Å²) in [6, 6.07) is 20.5. The average Bonchev–Trinajstić information content (AvgIpc) is 3.03. The van der Waals surface area contributed by atoms with Gasteiger partial charge < -0.3 is 14.8 Å². The van der Waals surface area contributed by atoms with Crippen molar-refractivity contribution in [2.24, 2.45) is 5.92 Å². The van der Waals surface area contributed by atoms with Crippen LogP contribution in [0.5, 0.6) is 11.5 Å². The quantitative estimate of drug-likeness (QED) is 0.608. The largest absolute Gasteiger partial charge is 0.490 e. The first-order valence-corrected chi connectivity index (χ1v) is 10.2. The molecule has 4 rings (SSSR count). The van der Waals surface area contributed by atoms with Gasteiger partial charge in [-0.15, -0.1) is 0 Å². The number of nitrogens with one attached hydrogen (secondary N) is 1.